The van der Waals surface area contributed by atoms with E-state index in [-0.39, 0.29) is 6.04 Å². The van der Waals surface area contributed by atoms with Crippen LogP contribution < -0.4 is 15.2 Å². The molecule has 0 aliphatic carbocycles. The van der Waals surface area contributed by atoms with Crippen LogP contribution in [0.3, 0.4) is 0 Å². The summed E-state index contributed by atoms with van der Waals surface area (Å²) >= 11 is 0. The van der Waals surface area contributed by atoms with Gasteiger partial charge in [-0.15, -0.1) is 0 Å². The number of ether oxygens (including phenoxy) is 2. The number of methoxy groups -OCH3 is 1. The molecule has 2 N–H and O–H groups in total. The molecule has 1 rings (SSSR count). The summed E-state index contributed by atoms with van der Waals surface area (Å²) in [5.74, 6) is 2.27. The van der Waals surface area contributed by atoms with Gasteiger partial charge in [-0.3, -0.25) is 0 Å². The van der Waals surface area contributed by atoms with E-state index in [1.165, 1.54) is 6.42 Å². The molecule has 1 aromatic carbocycles. The minimum Gasteiger partial charge on any atom is -0.493 e. The summed E-state index contributed by atoms with van der Waals surface area (Å²) in [7, 11) is 1.65. The number of hydrogen-bond donors (Lipinski definition) is 1. The molecule has 3 heteroatoms. The van der Waals surface area contributed by atoms with Crippen molar-refractivity contribution in [1.29, 1.82) is 0 Å². The lowest BCUT2D eigenvalue weighted by molar-refractivity contribution is 0.279. The van der Waals surface area contributed by atoms with E-state index in [2.05, 4.69) is 13.8 Å². The van der Waals surface area contributed by atoms with E-state index in [9.17, 15) is 0 Å². The van der Waals surface area contributed by atoms with E-state index in [1.54, 1.807) is 7.11 Å². The molecule has 102 valence electrons. The maximum absolute atomic E-state index is 5.85. The van der Waals surface area contributed by atoms with Gasteiger partial charge in [-0.1, -0.05) is 19.9 Å². The van der Waals surface area contributed by atoms with Crippen LogP contribution in [0, 0.1) is 5.92 Å². The molecule has 1 aromatic rings. The Morgan fingerprint density at radius 3 is 2.44 bits per heavy atom. The Kier molecular flexibility index (Phi) is 5.99. The Morgan fingerprint density at radius 1 is 1.17 bits per heavy atom. The number of nitrogens with two attached hydrogens (primary N) is 1. The third kappa shape index (κ3) is 4.57. The second-order valence-corrected chi connectivity index (χ2v) is 5.08. The summed E-state index contributed by atoms with van der Waals surface area (Å²) in [4.78, 5) is 0. The summed E-state index contributed by atoms with van der Waals surface area (Å²) in [6.45, 7) is 7.13. The van der Waals surface area contributed by atoms with Crippen LogP contribution in [0.5, 0.6) is 11.5 Å². The van der Waals surface area contributed by atoms with Crippen molar-refractivity contribution in [3.05, 3.63) is 23.8 Å². The van der Waals surface area contributed by atoms with E-state index in [4.69, 9.17) is 15.2 Å². The van der Waals surface area contributed by atoms with Gasteiger partial charge < -0.3 is 15.2 Å². The van der Waals surface area contributed by atoms with E-state index < -0.39 is 0 Å². The van der Waals surface area contributed by atoms with Gasteiger partial charge in [0.05, 0.1) is 13.7 Å². The summed E-state index contributed by atoms with van der Waals surface area (Å²) in [6.07, 6.45) is 2.25. The minimum atomic E-state index is 0.00823. The fourth-order valence-corrected chi connectivity index (χ4v) is 1.76. The zero-order valence-electron chi connectivity index (χ0n) is 11.9. The number of hydrogen-bond acceptors (Lipinski definition) is 3. The van der Waals surface area contributed by atoms with Gasteiger partial charge in [0.1, 0.15) is 0 Å². The molecule has 0 aliphatic rings. The number of rotatable bonds is 7. The predicted octanol–water partition coefficient (Wildman–Crippen LogP) is 3.53. The van der Waals surface area contributed by atoms with Gasteiger partial charge in [0.2, 0.25) is 0 Å². The molecule has 0 heterocycles. The van der Waals surface area contributed by atoms with Crippen LogP contribution in [0.4, 0.5) is 0 Å². The van der Waals surface area contributed by atoms with Crippen LogP contribution in [0.2, 0.25) is 0 Å². The Bertz CT molecular complexity index is 362. The molecule has 0 fully saturated rings. The van der Waals surface area contributed by atoms with Crippen molar-refractivity contribution in [1.82, 2.24) is 0 Å². The molecule has 0 saturated heterocycles. The normalized spacial score (nSPS) is 12.6. The minimum absolute atomic E-state index is 0.00823. The van der Waals surface area contributed by atoms with Crippen molar-refractivity contribution < 1.29 is 9.47 Å². The van der Waals surface area contributed by atoms with Crippen LogP contribution in [0.15, 0.2) is 18.2 Å². The van der Waals surface area contributed by atoms with E-state index in [0.29, 0.717) is 0 Å². The molecule has 0 aliphatic heterocycles. The van der Waals surface area contributed by atoms with Gasteiger partial charge in [0.15, 0.2) is 11.5 Å². The van der Waals surface area contributed by atoms with E-state index in [1.807, 2.05) is 25.1 Å². The molecule has 0 aromatic heterocycles. The van der Waals surface area contributed by atoms with Gasteiger partial charge in [0, 0.05) is 6.04 Å². The van der Waals surface area contributed by atoms with Crippen molar-refractivity contribution in [2.24, 2.45) is 11.7 Å². The van der Waals surface area contributed by atoms with Crippen LogP contribution >= 0.6 is 0 Å². The Balaban J connectivity index is 2.59. The van der Waals surface area contributed by atoms with E-state index in [0.717, 1.165) is 36.0 Å². The molecular weight excluding hydrogens is 226 g/mol. The van der Waals surface area contributed by atoms with Crippen LogP contribution in [-0.4, -0.2) is 13.7 Å². The van der Waals surface area contributed by atoms with Gasteiger partial charge in [-0.05, 0) is 43.4 Å². The predicted molar refractivity (Wildman–Crippen MR) is 75.2 cm³/mol. The average molecular weight is 251 g/mol. The first kappa shape index (κ1) is 14.8. The maximum Gasteiger partial charge on any atom is 0.161 e. The van der Waals surface area contributed by atoms with Gasteiger partial charge in [-0.25, -0.2) is 0 Å². The molecule has 18 heavy (non-hydrogen) atoms. The Labute approximate surface area is 110 Å². The average Bonchev–Trinajstić information content (AvgIpc) is 2.34. The highest BCUT2D eigenvalue weighted by atomic mass is 16.5. The van der Waals surface area contributed by atoms with Gasteiger partial charge >= 0.3 is 0 Å². The zero-order chi connectivity index (χ0) is 13.5. The van der Waals surface area contributed by atoms with Crippen molar-refractivity contribution in [2.75, 3.05) is 13.7 Å². The first-order valence-electron chi connectivity index (χ1n) is 6.61. The van der Waals surface area contributed by atoms with Crippen LogP contribution in [0.1, 0.15) is 45.2 Å². The van der Waals surface area contributed by atoms with E-state index >= 15 is 0 Å². The third-order valence-electron chi connectivity index (χ3n) is 2.90. The maximum atomic E-state index is 5.85. The Morgan fingerprint density at radius 2 is 1.89 bits per heavy atom. The second-order valence-electron chi connectivity index (χ2n) is 5.08. The second kappa shape index (κ2) is 7.27. The summed E-state index contributed by atoms with van der Waals surface area (Å²) < 4.78 is 11.1. The van der Waals surface area contributed by atoms with Crippen molar-refractivity contribution in [3.63, 3.8) is 0 Å². The lowest BCUT2D eigenvalue weighted by Crippen LogP contribution is -2.06. The van der Waals surface area contributed by atoms with Crippen molar-refractivity contribution >= 4 is 0 Å². The highest BCUT2D eigenvalue weighted by Gasteiger charge is 2.08. The van der Waals surface area contributed by atoms with Crippen LogP contribution in [-0.2, 0) is 0 Å². The van der Waals surface area contributed by atoms with Crippen molar-refractivity contribution in [2.45, 2.75) is 39.7 Å². The van der Waals surface area contributed by atoms with Gasteiger partial charge in [-0.2, -0.15) is 0 Å². The van der Waals surface area contributed by atoms with Gasteiger partial charge in [0.25, 0.3) is 0 Å². The highest BCUT2D eigenvalue weighted by Crippen LogP contribution is 2.30. The Hall–Kier alpha value is -1.22. The summed E-state index contributed by atoms with van der Waals surface area (Å²) in [6, 6.07) is 5.88. The molecule has 0 spiro atoms. The quantitative estimate of drug-likeness (QED) is 0.754. The lowest BCUT2D eigenvalue weighted by atomic mass is 10.1. The number of benzene rings is 1. The fourth-order valence-electron chi connectivity index (χ4n) is 1.76. The summed E-state index contributed by atoms with van der Waals surface area (Å²) in [5, 5.41) is 0. The SMILES string of the molecule is COc1cc([C@@H](C)N)ccc1OCCCC(C)C. The molecule has 3 nitrogen and oxygen atoms in total. The fraction of sp³-hybridized carbons (Fsp3) is 0.600. The lowest BCUT2D eigenvalue weighted by Gasteiger charge is -2.14. The monoisotopic (exact) mass is 251 g/mol. The molecular formula is C15H25NO2. The molecule has 0 bridgehead atoms. The highest BCUT2D eigenvalue weighted by molar-refractivity contribution is 5.43. The van der Waals surface area contributed by atoms with Crippen molar-refractivity contribution in [3.8, 4) is 11.5 Å². The third-order valence-corrected chi connectivity index (χ3v) is 2.90. The molecule has 0 unspecified atom stereocenters. The molecule has 0 amide bonds. The van der Waals surface area contributed by atoms with Crippen LogP contribution in [0.25, 0.3) is 0 Å². The molecule has 0 radical (unpaired) electrons. The zero-order valence-corrected chi connectivity index (χ0v) is 11.9. The topological polar surface area (TPSA) is 44.5 Å². The first-order valence-corrected chi connectivity index (χ1v) is 6.61. The summed E-state index contributed by atoms with van der Waals surface area (Å²) in [5.41, 5.74) is 6.90. The smallest absolute Gasteiger partial charge is 0.161 e. The standard InChI is InChI=1S/C15H25NO2/c1-11(2)6-5-9-18-14-8-7-13(12(3)16)10-15(14)17-4/h7-8,10-12H,5-6,9,16H2,1-4H3/t12-/m1/s1. The molecule has 0 saturated carbocycles. The molecule has 1 atom stereocenters. The largest absolute Gasteiger partial charge is 0.493 e. The first-order chi connectivity index (χ1) is 8.54.